The monoisotopic (exact) mass is 489 g/mol. The number of nitrogens with one attached hydrogen (secondary N) is 2. The number of hydrogen-bond acceptors (Lipinski definition) is 4. The Labute approximate surface area is 179 Å². The number of benzene rings is 1. The number of para-hydroxylation sites is 1. The van der Waals surface area contributed by atoms with Gasteiger partial charge in [-0.05, 0) is 25.0 Å². The summed E-state index contributed by atoms with van der Waals surface area (Å²) in [5, 5.41) is 6.70. The Morgan fingerprint density at radius 3 is 2.52 bits per heavy atom. The molecule has 0 aliphatic carbocycles. The first-order valence-corrected chi connectivity index (χ1v) is 9.14. The van der Waals surface area contributed by atoms with E-state index in [4.69, 9.17) is 4.74 Å². The molecule has 0 bridgehead atoms. The lowest BCUT2D eigenvalue weighted by Crippen LogP contribution is -2.49. The fourth-order valence-electron chi connectivity index (χ4n) is 2.83. The SMILES string of the molecule is COCCNC(=NCC(=O)N(C)C)NC1CCN(c2ccccc2)CC1.I. The van der Waals surface area contributed by atoms with Gasteiger partial charge in [0.1, 0.15) is 6.54 Å². The summed E-state index contributed by atoms with van der Waals surface area (Å²) in [6.45, 7) is 3.39. The van der Waals surface area contributed by atoms with Crippen LogP contribution < -0.4 is 15.5 Å². The molecule has 0 radical (unpaired) electrons. The first-order chi connectivity index (χ1) is 12.6. The molecule has 1 aromatic carbocycles. The van der Waals surface area contributed by atoms with Crippen molar-refractivity contribution in [3.63, 3.8) is 0 Å². The van der Waals surface area contributed by atoms with Gasteiger partial charge in [0.15, 0.2) is 5.96 Å². The summed E-state index contributed by atoms with van der Waals surface area (Å²) in [7, 11) is 5.14. The molecule has 0 spiro atoms. The molecule has 1 aliphatic heterocycles. The first kappa shape index (κ1) is 23.5. The molecule has 0 atom stereocenters. The van der Waals surface area contributed by atoms with Crippen LogP contribution in [0.5, 0.6) is 0 Å². The van der Waals surface area contributed by atoms with E-state index >= 15 is 0 Å². The number of aliphatic imine (C=N–C) groups is 1. The topological polar surface area (TPSA) is 69.2 Å². The summed E-state index contributed by atoms with van der Waals surface area (Å²) in [5.41, 5.74) is 1.27. The van der Waals surface area contributed by atoms with Crippen molar-refractivity contribution in [2.24, 2.45) is 4.99 Å². The Morgan fingerprint density at radius 1 is 1.26 bits per heavy atom. The van der Waals surface area contributed by atoms with Crippen molar-refractivity contribution in [1.82, 2.24) is 15.5 Å². The van der Waals surface area contributed by atoms with Crippen LogP contribution in [0.4, 0.5) is 5.69 Å². The number of carbonyl (C=O) groups excluding carboxylic acids is 1. The quantitative estimate of drug-likeness (QED) is 0.263. The second kappa shape index (κ2) is 12.8. The second-order valence-electron chi connectivity index (χ2n) is 6.61. The fourth-order valence-corrected chi connectivity index (χ4v) is 2.83. The summed E-state index contributed by atoms with van der Waals surface area (Å²) in [4.78, 5) is 20.2. The van der Waals surface area contributed by atoms with Crippen LogP contribution in [0.15, 0.2) is 35.3 Å². The number of methoxy groups -OCH3 is 1. The van der Waals surface area contributed by atoms with Gasteiger partial charge in [0.05, 0.1) is 6.61 Å². The molecule has 2 rings (SSSR count). The molecule has 8 heteroatoms. The Bertz CT molecular complexity index is 575. The van der Waals surface area contributed by atoms with Gasteiger partial charge in [-0.1, -0.05) is 18.2 Å². The van der Waals surface area contributed by atoms with Gasteiger partial charge in [-0.15, -0.1) is 24.0 Å². The highest BCUT2D eigenvalue weighted by molar-refractivity contribution is 14.0. The number of rotatable bonds is 7. The number of nitrogens with zero attached hydrogens (tertiary/aromatic N) is 3. The number of amides is 1. The van der Waals surface area contributed by atoms with Crippen molar-refractivity contribution in [3.8, 4) is 0 Å². The zero-order valence-electron chi connectivity index (χ0n) is 16.5. The van der Waals surface area contributed by atoms with Gasteiger partial charge in [-0.3, -0.25) is 4.79 Å². The van der Waals surface area contributed by atoms with Crippen LogP contribution in [0, 0.1) is 0 Å². The van der Waals surface area contributed by atoms with Crippen LogP contribution in [0.3, 0.4) is 0 Å². The van der Waals surface area contributed by atoms with E-state index < -0.39 is 0 Å². The molecular formula is C19H32IN5O2. The molecule has 1 heterocycles. The fraction of sp³-hybridized carbons (Fsp3) is 0.579. The van der Waals surface area contributed by atoms with E-state index in [0.717, 1.165) is 25.9 Å². The minimum Gasteiger partial charge on any atom is -0.383 e. The first-order valence-electron chi connectivity index (χ1n) is 9.14. The summed E-state index contributed by atoms with van der Waals surface area (Å²) in [6.07, 6.45) is 2.06. The van der Waals surface area contributed by atoms with Crippen LogP contribution >= 0.6 is 24.0 Å². The van der Waals surface area contributed by atoms with Crippen molar-refractivity contribution < 1.29 is 9.53 Å². The van der Waals surface area contributed by atoms with Gasteiger partial charge >= 0.3 is 0 Å². The van der Waals surface area contributed by atoms with E-state index in [-0.39, 0.29) is 36.4 Å². The molecule has 0 unspecified atom stereocenters. The molecule has 1 fully saturated rings. The lowest BCUT2D eigenvalue weighted by atomic mass is 10.0. The molecule has 0 saturated carbocycles. The van der Waals surface area contributed by atoms with Gasteiger partial charge in [0.2, 0.25) is 5.91 Å². The number of hydrogen-bond donors (Lipinski definition) is 2. The minimum absolute atomic E-state index is 0. The molecule has 27 heavy (non-hydrogen) atoms. The molecule has 7 nitrogen and oxygen atoms in total. The summed E-state index contributed by atoms with van der Waals surface area (Å²) in [6, 6.07) is 10.8. The maximum absolute atomic E-state index is 11.8. The van der Waals surface area contributed by atoms with Crippen molar-refractivity contribution in [2.75, 3.05) is 58.9 Å². The van der Waals surface area contributed by atoms with Crippen molar-refractivity contribution in [2.45, 2.75) is 18.9 Å². The standard InChI is InChI=1S/C19H31N5O2.HI/c1-23(2)18(25)15-21-19(20-11-14-26-3)22-16-9-12-24(13-10-16)17-7-5-4-6-8-17;/h4-8,16H,9-15H2,1-3H3,(H2,20,21,22);1H. The highest BCUT2D eigenvalue weighted by Crippen LogP contribution is 2.19. The highest BCUT2D eigenvalue weighted by Gasteiger charge is 2.20. The number of piperidine rings is 1. The molecule has 1 amide bonds. The van der Waals surface area contributed by atoms with Gasteiger partial charge in [0, 0.05) is 52.6 Å². The van der Waals surface area contributed by atoms with Gasteiger partial charge in [-0.25, -0.2) is 4.99 Å². The number of guanidine groups is 1. The molecule has 2 N–H and O–H groups in total. The number of ether oxygens (including phenoxy) is 1. The van der Waals surface area contributed by atoms with Crippen LogP contribution in [-0.4, -0.2) is 76.8 Å². The molecule has 1 aliphatic rings. The number of carbonyl (C=O) groups is 1. The third-order valence-corrected chi connectivity index (χ3v) is 4.43. The Hall–Kier alpha value is -1.55. The maximum atomic E-state index is 11.8. The van der Waals surface area contributed by atoms with E-state index in [1.165, 1.54) is 5.69 Å². The second-order valence-corrected chi connectivity index (χ2v) is 6.61. The number of anilines is 1. The van der Waals surface area contributed by atoms with Crippen molar-refractivity contribution in [1.29, 1.82) is 0 Å². The van der Waals surface area contributed by atoms with Crippen LogP contribution in [0.25, 0.3) is 0 Å². The molecule has 152 valence electrons. The van der Waals surface area contributed by atoms with Crippen LogP contribution in [0.1, 0.15) is 12.8 Å². The van der Waals surface area contributed by atoms with E-state index in [1.54, 1.807) is 26.1 Å². The van der Waals surface area contributed by atoms with Crippen LogP contribution in [0.2, 0.25) is 0 Å². The molecular weight excluding hydrogens is 457 g/mol. The van der Waals surface area contributed by atoms with Gasteiger partial charge < -0.3 is 25.2 Å². The van der Waals surface area contributed by atoms with Gasteiger partial charge in [0.25, 0.3) is 0 Å². The Kier molecular flexibility index (Phi) is 11.1. The minimum atomic E-state index is -0.0169. The Balaban J connectivity index is 0.00000364. The van der Waals surface area contributed by atoms with Crippen molar-refractivity contribution in [3.05, 3.63) is 30.3 Å². The highest BCUT2D eigenvalue weighted by atomic mass is 127. The summed E-state index contributed by atoms with van der Waals surface area (Å²) in [5.74, 6) is 0.659. The normalized spacial score (nSPS) is 15.1. The van der Waals surface area contributed by atoms with E-state index in [1.807, 2.05) is 6.07 Å². The third kappa shape index (κ3) is 8.34. The average molecular weight is 489 g/mol. The largest absolute Gasteiger partial charge is 0.383 e. The van der Waals surface area contributed by atoms with E-state index in [2.05, 4.69) is 44.8 Å². The lowest BCUT2D eigenvalue weighted by molar-refractivity contribution is -0.127. The zero-order valence-corrected chi connectivity index (χ0v) is 18.8. The van der Waals surface area contributed by atoms with E-state index in [0.29, 0.717) is 25.2 Å². The van der Waals surface area contributed by atoms with E-state index in [9.17, 15) is 4.79 Å². The maximum Gasteiger partial charge on any atom is 0.243 e. The number of halogens is 1. The molecule has 1 aromatic rings. The van der Waals surface area contributed by atoms with Gasteiger partial charge in [-0.2, -0.15) is 0 Å². The van der Waals surface area contributed by atoms with Crippen LogP contribution in [-0.2, 0) is 9.53 Å². The average Bonchev–Trinajstić information content (AvgIpc) is 2.67. The Morgan fingerprint density at radius 2 is 1.93 bits per heavy atom. The smallest absolute Gasteiger partial charge is 0.243 e. The zero-order chi connectivity index (χ0) is 18.8. The lowest BCUT2D eigenvalue weighted by Gasteiger charge is -2.34. The number of likely N-dealkylation sites (N-methyl/N-ethyl adjacent to an activating group) is 1. The third-order valence-electron chi connectivity index (χ3n) is 4.43. The molecule has 0 aromatic heterocycles. The molecule has 1 saturated heterocycles. The predicted molar refractivity (Wildman–Crippen MR) is 121 cm³/mol. The summed E-state index contributed by atoms with van der Waals surface area (Å²) >= 11 is 0. The summed E-state index contributed by atoms with van der Waals surface area (Å²) < 4.78 is 5.08. The van der Waals surface area contributed by atoms with Crippen molar-refractivity contribution >= 4 is 41.5 Å². The predicted octanol–water partition coefficient (Wildman–Crippen LogP) is 1.54.